The maximum atomic E-state index is 12.1. The van der Waals surface area contributed by atoms with E-state index in [4.69, 9.17) is 4.74 Å². The van der Waals surface area contributed by atoms with Crippen molar-refractivity contribution >= 4 is 21.7 Å². The average Bonchev–Trinajstić information content (AvgIpc) is 2.39. The van der Waals surface area contributed by atoms with Crippen molar-refractivity contribution in [1.82, 2.24) is 0 Å². The molecule has 0 fully saturated rings. The number of hydrogen-bond acceptors (Lipinski definition) is 2. The summed E-state index contributed by atoms with van der Waals surface area (Å²) in [6, 6.07) is 15.3. The number of benzene rings is 2. The second kappa shape index (κ2) is 4.58. The first-order valence-electron chi connectivity index (χ1n) is 5.78. The maximum absolute atomic E-state index is 12.1. The van der Waals surface area contributed by atoms with Gasteiger partial charge in [-0.3, -0.25) is 4.79 Å². The Balaban J connectivity index is 1.97. The van der Waals surface area contributed by atoms with Crippen molar-refractivity contribution in [2.45, 2.75) is 12.5 Å². The van der Waals surface area contributed by atoms with E-state index in [2.05, 4.69) is 15.9 Å². The standard InChI is InChI=1S/C15H11BrO2/c16-11-5-3-4-10(8-11)15-9-13(17)12-6-1-2-7-14(12)18-15/h1-8,15H,9H2. The van der Waals surface area contributed by atoms with Crippen LogP contribution in [0.15, 0.2) is 53.0 Å². The van der Waals surface area contributed by atoms with Crippen LogP contribution in [0.4, 0.5) is 0 Å². The number of ketones is 1. The van der Waals surface area contributed by atoms with Crippen LogP contribution in [0, 0.1) is 0 Å². The Morgan fingerprint density at radius 2 is 1.94 bits per heavy atom. The van der Waals surface area contributed by atoms with Gasteiger partial charge in [-0.25, -0.2) is 0 Å². The SMILES string of the molecule is O=C1CC(c2cccc(Br)c2)Oc2ccccc21. The van der Waals surface area contributed by atoms with Gasteiger partial charge in [0.05, 0.1) is 12.0 Å². The lowest BCUT2D eigenvalue weighted by Gasteiger charge is -2.25. The van der Waals surface area contributed by atoms with Crippen molar-refractivity contribution in [3.05, 3.63) is 64.1 Å². The van der Waals surface area contributed by atoms with Crippen LogP contribution in [0.3, 0.4) is 0 Å². The number of fused-ring (bicyclic) bond motifs is 1. The van der Waals surface area contributed by atoms with Crippen LogP contribution >= 0.6 is 15.9 Å². The van der Waals surface area contributed by atoms with Gasteiger partial charge in [0, 0.05) is 4.47 Å². The molecule has 18 heavy (non-hydrogen) atoms. The number of hydrogen-bond donors (Lipinski definition) is 0. The lowest BCUT2D eigenvalue weighted by molar-refractivity contribution is 0.0850. The highest BCUT2D eigenvalue weighted by molar-refractivity contribution is 9.10. The van der Waals surface area contributed by atoms with Gasteiger partial charge in [0.1, 0.15) is 11.9 Å². The highest BCUT2D eigenvalue weighted by Gasteiger charge is 2.27. The van der Waals surface area contributed by atoms with Crippen molar-refractivity contribution in [3.63, 3.8) is 0 Å². The summed E-state index contributed by atoms with van der Waals surface area (Å²) < 4.78 is 6.90. The molecule has 2 aromatic rings. The minimum absolute atomic E-state index is 0.141. The summed E-state index contributed by atoms with van der Waals surface area (Å²) in [5.74, 6) is 0.820. The van der Waals surface area contributed by atoms with Crippen LogP contribution in [0.1, 0.15) is 28.4 Å². The molecular weight excluding hydrogens is 292 g/mol. The Labute approximate surface area is 114 Å². The number of carbonyl (C=O) groups is 1. The van der Waals surface area contributed by atoms with E-state index in [9.17, 15) is 4.79 Å². The summed E-state index contributed by atoms with van der Waals surface area (Å²) in [7, 11) is 0. The van der Waals surface area contributed by atoms with Gasteiger partial charge in [0.25, 0.3) is 0 Å². The first-order chi connectivity index (χ1) is 8.74. The lowest BCUT2D eigenvalue weighted by Crippen LogP contribution is -2.20. The molecular formula is C15H11BrO2. The van der Waals surface area contributed by atoms with Gasteiger partial charge in [-0.05, 0) is 29.8 Å². The highest BCUT2D eigenvalue weighted by Crippen LogP contribution is 2.35. The Bertz CT molecular complexity index is 607. The largest absolute Gasteiger partial charge is 0.484 e. The van der Waals surface area contributed by atoms with Gasteiger partial charge in [-0.2, -0.15) is 0 Å². The van der Waals surface area contributed by atoms with Crippen LogP contribution in [0.2, 0.25) is 0 Å². The highest BCUT2D eigenvalue weighted by atomic mass is 79.9. The lowest BCUT2D eigenvalue weighted by atomic mass is 9.96. The molecule has 3 heteroatoms. The molecule has 1 heterocycles. The summed E-state index contributed by atoms with van der Waals surface area (Å²) in [5, 5.41) is 0. The number of Topliss-reactive ketones (excluding diaryl/α,β-unsaturated/α-hetero) is 1. The quantitative estimate of drug-likeness (QED) is 0.791. The number of rotatable bonds is 1. The monoisotopic (exact) mass is 302 g/mol. The summed E-state index contributed by atoms with van der Waals surface area (Å²) in [6.07, 6.45) is 0.206. The molecule has 2 nitrogen and oxygen atoms in total. The minimum atomic E-state index is -0.190. The van der Waals surface area contributed by atoms with Gasteiger partial charge in [-0.1, -0.05) is 40.2 Å². The molecule has 2 aromatic carbocycles. The van der Waals surface area contributed by atoms with E-state index in [0.29, 0.717) is 17.7 Å². The van der Waals surface area contributed by atoms with E-state index in [-0.39, 0.29) is 11.9 Å². The Kier molecular flexibility index (Phi) is 2.92. The minimum Gasteiger partial charge on any atom is -0.484 e. The fourth-order valence-electron chi connectivity index (χ4n) is 2.17. The molecule has 0 aliphatic carbocycles. The van der Waals surface area contributed by atoms with Crippen LogP contribution < -0.4 is 4.74 Å². The molecule has 1 aliphatic rings. The average molecular weight is 303 g/mol. The molecule has 0 saturated carbocycles. The molecule has 0 N–H and O–H groups in total. The first-order valence-corrected chi connectivity index (χ1v) is 6.58. The predicted octanol–water partition coefficient (Wildman–Crippen LogP) is 4.16. The molecule has 0 aromatic heterocycles. The molecule has 1 aliphatic heterocycles. The molecule has 1 atom stereocenters. The predicted molar refractivity (Wildman–Crippen MR) is 72.9 cm³/mol. The zero-order chi connectivity index (χ0) is 12.5. The van der Waals surface area contributed by atoms with Crippen LogP contribution in [-0.4, -0.2) is 5.78 Å². The van der Waals surface area contributed by atoms with Gasteiger partial charge >= 0.3 is 0 Å². The third kappa shape index (κ3) is 2.06. The smallest absolute Gasteiger partial charge is 0.170 e. The summed E-state index contributed by atoms with van der Waals surface area (Å²) >= 11 is 3.44. The second-order valence-electron chi connectivity index (χ2n) is 4.28. The van der Waals surface area contributed by atoms with Gasteiger partial charge in [0.2, 0.25) is 0 Å². The molecule has 0 radical (unpaired) electrons. The molecule has 0 amide bonds. The van der Waals surface area contributed by atoms with Gasteiger partial charge in [0.15, 0.2) is 5.78 Å². The Hall–Kier alpha value is -1.61. The van der Waals surface area contributed by atoms with E-state index in [0.717, 1.165) is 10.0 Å². The fraction of sp³-hybridized carbons (Fsp3) is 0.133. The van der Waals surface area contributed by atoms with E-state index in [1.165, 1.54) is 0 Å². The summed E-state index contributed by atoms with van der Waals surface area (Å²) in [5.41, 5.74) is 1.70. The summed E-state index contributed by atoms with van der Waals surface area (Å²) in [6.45, 7) is 0. The Morgan fingerprint density at radius 1 is 1.11 bits per heavy atom. The first kappa shape index (κ1) is 11.5. The van der Waals surface area contributed by atoms with E-state index in [1.807, 2.05) is 48.5 Å². The fourth-order valence-corrected chi connectivity index (χ4v) is 2.58. The van der Waals surface area contributed by atoms with Gasteiger partial charge < -0.3 is 4.74 Å². The molecule has 0 spiro atoms. The van der Waals surface area contributed by atoms with Crippen molar-refractivity contribution in [3.8, 4) is 5.75 Å². The summed E-state index contributed by atoms with van der Waals surface area (Å²) in [4.78, 5) is 12.1. The van der Waals surface area contributed by atoms with Crippen molar-refractivity contribution in [2.24, 2.45) is 0 Å². The van der Waals surface area contributed by atoms with Crippen molar-refractivity contribution in [2.75, 3.05) is 0 Å². The van der Waals surface area contributed by atoms with Crippen LogP contribution in [-0.2, 0) is 0 Å². The maximum Gasteiger partial charge on any atom is 0.170 e. The number of carbonyl (C=O) groups excluding carboxylic acids is 1. The van der Waals surface area contributed by atoms with E-state index in [1.54, 1.807) is 0 Å². The molecule has 0 bridgehead atoms. The van der Waals surface area contributed by atoms with Crippen LogP contribution in [0.25, 0.3) is 0 Å². The van der Waals surface area contributed by atoms with E-state index < -0.39 is 0 Å². The third-order valence-corrected chi connectivity index (χ3v) is 3.54. The molecule has 3 rings (SSSR count). The number of para-hydroxylation sites is 1. The molecule has 1 unspecified atom stereocenters. The zero-order valence-electron chi connectivity index (χ0n) is 9.60. The zero-order valence-corrected chi connectivity index (χ0v) is 11.2. The second-order valence-corrected chi connectivity index (χ2v) is 5.20. The topological polar surface area (TPSA) is 26.3 Å². The van der Waals surface area contributed by atoms with Crippen molar-refractivity contribution in [1.29, 1.82) is 0 Å². The molecule has 0 saturated heterocycles. The number of ether oxygens (including phenoxy) is 1. The van der Waals surface area contributed by atoms with E-state index >= 15 is 0 Å². The normalized spacial score (nSPS) is 18.1. The van der Waals surface area contributed by atoms with Gasteiger partial charge in [-0.15, -0.1) is 0 Å². The molecule has 90 valence electrons. The van der Waals surface area contributed by atoms with Crippen LogP contribution in [0.5, 0.6) is 5.75 Å². The third-order valence-electron chi connectivity index (χ3n) is 3.05. The van der Waals surface area contributed by atoms with Crippen molar-refractivity contribution < 1.29 is 9.53 Å². The Morgan fingerprint density at radius 3 is 2.78 bits per heavy atom. The number of halogens is 1.